The van der Waals surface area contributed by atoms with E-state index < -0.39 is 35.7 Å². The molecule has 1 aromatic heterocycles. The van der Waals surface area contributed by atoms with Crippen molar-refractivity contribution in [2.24, 2.45) is 5.73 Å². The second-order valence-corrected chi connectivity index (χ2v) is 9.79. The number of aromatic nitrogens is 1. The molecule has 0 spiro atoms. The number of ether oxygens (including phenoxy) is 1. The Morgan fingerprint density at radius 1 is 1.22 bits per heavy atom. The minimum absolute atomic E-state index is 0.0454. The van der Waals surface area contributed by atoms with Crippen LogP contribution in [0.25, 0.3) is 0 Å². The lowest BCUT2D eigenvalue weighted by Crippen LogP contribution is -2.36. The molecule has 3 rings (SSSR count). The van der Waals surface area contributed by atoms with Crippen molar-refractivity contribution < 1.29 is 28.2 Å². The van der Waals surface area contributed by atoms with Gasteiger partial charge in [-0.2, -0.15) is 4.37 Å². The van der Waals surface area contributed by atoms with Crippen LogP contribution in [-0.4, -0.2) is 58.6 Å². The van der Waals surface area contributed by atoms with E-state index in [1.54, 1.807) is 0 Å². The topological polar surface area (TPSA) is 130 Å². The first-order chi connectivity index (χ1) is 17.2. The molecule has 0 aliphatic carbocycles. The number of hydrogen-bond acceptors (Lipinski definition) is 7. The Balaban J connectivity index is 1.44. The maximum Gasteiger partial charge on any atom is 0.319 e. The van der Waals surface area contributed by atoms with Crippen LogP contribution in [-0.2, 0) is 6.61 Å². The van der Waals surface area contributed by atoms with Crippen molar-refractivity contribution >= 4 is 40.1 Å². The number of β-amino-alcohol motifs (C(OH)–C–C–N with tert-alkyl or cyclic N) is 1. The van der Waals surface area contributed by atoms with E-state index >= 15 is 0 Å². The van der Waals surface area contributed by atoms with Gasteiger partial charge in [-0.1, -0.05) is 18.0 Å². The summed E-state index contributed by atoms with van der Waals surface area (Å²) in [7, 11) is 0. The number of carbonyl (C=O) groups excluding carboxylic acids is 2. The Bertz CT molecular complexity index is 1030. The highest BCUT2D eigenvalue weighted by molar-refractivity contribution is 7.11. The van der Waals surface area contributed by atoms with E-state index in [0.717, 1.165) is 43.2 Å². The average molecular weight is 546 g/mol. The average Bonchev–Trinajstić information content (AvgIpc) is 3.21. The van der Waals surface area contributed by atoms with Gasteiger partial charge >= 0.3 is 6.03 Å². The minimum atomic E-state index is -0.922. The zero-order chi connectivity index (χ0) is 26.1. The summed E-state index contributed by atoms with van der Waals surface area (Å²) < 4.78 is 37.2. The van der Waals surface area contributed by atoms with Crippen LogP contribution in [0.1, 0.15) is 54.4 Å². The summed E-state index contributed by atoms with van der Waals surface area (Å²) in [4.78, 5) is 26.5. The summed E-state index contributed by atoms with van der Waals surface area (Å²) in [6.45, 7) is 2.55. The predicted molar refractivity (Wildman–Crippen MR) is 134 cm³/mol. The number of aliphatic hydroxyl groups is 1. The van der Waals surface area contributed by atoms with E-state index in [0.29, 0.717) is 25.9 Å². The van der Waals surface area contributed by atoms with Crippen LogP contribution in [0.5, 0.6) is 5.88 Å². The van der Waals surface area contributed by atoms with Gasteiger partial charge in [0.2, 0.25) is 5.88 Å². The number of urea groups is 1. The van der Waals surface area contributed by atoms with Crippen molar-refractivity contribution in [1.82, 2.24) is 14.6 Å². The molecule has 1 atom stereocenters. The number of unbranched alkanes of at least 4 members (excludes halogenated alkanes) is 1. The fourth-order valence-electron chi connectivity index (χ4n) is 3.91. The highest BCUT2D eigenvalue weighted by atomic mass is 35.5. The molecule has 1 fully saturated rings. The van der Waals surface area contributed by atoms with Crippen LogP contribution in [0.2, 0.25) is 5.02 Å². The molecule has 0 bridgehead atoms. The van der Waals surface area contributed by atoms with Crippen molar-refractivity contribution in [2.45, 2.75) is 51.2 Å². The fourth-order valence-corrected chi connectivity index (χ4v) is 4.84. The van der Waals surface area contributed by atoms with Gasteiger partial charge in [-0.15, -0.1) is 0 Å². The Morgan fingerprint density at radius 2 is 1.92 bits per heavy atom. The van der Waals surface area contributed by atoms with Crippen LogP contribution >= 0.6 is 23.1 Å². The Labute approximate surface area is 217 Å². The number of rotatable bonds is 12. The van der Waals surface area contributed by atoms with Gasteiger partial charge < -0.3 is 25.8 Å². The van der Waals surface area contributed by atoms with Crippen molar-refractivity contribution in [1.29, 1.82) is 0 Å². The molecular formula is C23H30ClF2N5O4S. The quantitative estimate of drug-likeness (QED) is 0.299. The van der Waals surface area contributed by atoms with Crippen LogP contribution in [0.15, 0.2) is 12.1 Å². The van der Waals surface area contributed by atoms with Crippen molar-refractivity contribution in [2.75, 3.05) is 31.5 Å². The summed E-state index contributed by atoms with van der Waals surface area (Å²) in [6.07, 6.45) is 5.28. The number of carbonyl (C=O) groups is 2. The zero-order valence-corrected chi connectivity index (χ0v) is 21.3. The first-order valence-electron chi connectivity index (χ1n) is 11.8. The number of piperidine rings is 1. The highest BCUT2D eigenvalue weighted by Crippen LogP contribution is 2.31. The Kier molecular flexibility index (Phi) is 10.7. The number of nitrogens with two attached hydrogens (primary N) is 1. The maximum absolute atomic E-state index is 14.0. The molecule has 2 aromatic rings. The molecule has 1 aliphatic rings. The Morgan fingerprint density at radius 3 is 2.58 bits per heavy atom. The highest BCUT2D eigenvalue weighted by Gasteiger charge is 2.23. The molecule has 1 saturated heterocycles. The van der Waals surface area contributed by atoms with Crippen LogP contribution < -0.4 is 21.1 Å². The van der Waals surface area contributed by atoms with Crippen molar-refractivity contribution in [3.05, 3.63) is 39.9 Å². The number of primary amides is 1. The van der Waals surface area contributed by atoms with Gasteiger partial charge in [0.1, 0.15) is 28.8 Å². The molecule has 0 saturated carbocycles. The fraction of sp³-hybridized carbons (Fsp3) is 0.522. The first kappa shape index (κ1) is 28.0. The molecule has 13 heteroatoms. The van der Waals surface area contributed by atoms with E-state index in [9.17, 15) is 23.5 Å². The van der Waals surface area contributed by atoms with Gasteiger partial charge in [0.25, 0.3) is 5.91 Å². The number of hydrogen-bond donors (Lipinski definition) is 4. The van der Waals surface area contributed by atoms with Gasteiger partial charge in [-0.25, -0.2) is 13.6 Å². The van der Waals surface area contributed by atoms with E-state index in [2.05, 4.69) is 19.9 Å². The second kappa shape index (κ2) is 13.7. The molecule has 36 heavy (non-hydrogen) atoms. The largest absolute Gasteiger partial charge is 0.471 e. The molecule has 1 aliphatic heterocycles. The summed E-state index contributed by atoms with van der Waals surface area (Å²) in [5, 5.41) is 15.3. The molecule has 3 amide bonds. The summed E-state index contributed by atoms with van der Waals surface area (Å²) in [6, 6.07) is 1.30. The van der Waals surface area contributed by atoms with Gasteiger partial charge in [-0.05, 0) is 68.9 Å². The summed E-state index contributed by atoms with van der Waals surface area (Å²) in [5.74, 6) is -2.99. The molecular weight excluding hydrogens is 516 g/mol. The minimum Gasteiger partial charge on any atom is -0.471 e. The van der Waals surface area contributed by atoms with E-state index in [-0.39, 0.29) is 27.6 Å². The maximum atomic E-state index is 14.0. The van der Waals surface area contributed by atoms with Crippen LogP contribution in [0.4, 0.5) is 18.6 Å². The molecule has 1 aromatic carbocycles. The van der Waals surface area contributed by atoms with Crippen molar-refractivity contribution in [3.8, 4) is 5.88 Å². The SMILES string of the molecule is NC(=O)c1c(OCc2c(F)cc(Cl)cc2F)nsc1NC(=O)NCCCCC(O)CN1CCCCC1. The number of nitrogens with zero attached hydrogens (tertiary/aromatic N) is 2. The van der Waals surface area contributed by atoms with E-state index in [1.807, 2.05) is 0 Å². The van der Waals surface area contributed by atoms with Gasteiger partial charge in [0.05, 0.1) is 11.7 Å². The van der Waals surface area contributed by atoms with Gasteiger partial charge in [0, 0.05) is 18.1 Å². The second-order valence-electron chi connectivity index (χ2n) is 8.58. The zero-order valence-electron chi connectivity index (χ0n) is 19.7. The molecule has 1 unspecified atom stereocenters. The number of halogens is 3. The molecule has 5 N–H and O–H groups in total. The summed E-state index contributed by atoms with van der Waals surface area (Å²) >= 11 is 6.36. The number of nitrogens with one attached hydrogen (secondary N) is 2. The number of aliphatic hydroxyl groups excluding tert-OH is 1. The monoisotopic (exact) mass is 545 g/mol. The summed E-state index contributed by atoms with van der Waals surface area (Å²) in [5.41, 5.74) is 4.81. The smallest absolute Gasteiger partial charge is 0.319 e. The third-order valence-electron chi connectivity index (χ3n) is 5.76. The number of anilines is 1. The third-order valence-corrected chi connectivity index (χ3v) is 6.72. The molecule has 0 radical (unpaired) electrons. The first-order valence-corrected chi connectivity index (χ1v) is 12.9. The number of benzene rings is 1. The molecule has 9 nitrogen and oxygen atoms in total. The predicted octanol–water partition coefficient (Wildman–Crippen LogP) is 3.89. The van der Waals surface area contributed by atoms with Crippen molar-refractivity contribution in [3.63, 3.8) is 0 Å². The lowest BCUT2D eigenvalue weighted by Gasteiger charge is -2.28. The number of amides is 3. The van der Waals surface area contributed by atoms with E-state index in [4.69, 9.17) is 22.1 Å². The lowest BCUT2D eigenvalue weighted by atomic mass is 10.1. The molecule has 198 valence electrons. The van der Waals surface area contributed by atoms with Crippen LogP contribution in [0, 0.1) is 11.6 Å². The Hall–Kier alpha value is -2.54. The van der Waals surface area contributed by atoms with E-state index in [1.165, 1.54) is 19.3 Å². The number of likely N-dealkylation sites (tertiary alicyclic amines) is 1. The normalized spacial score (nSPS) is 14.9. The lowest BCUT2D eigenvalue weighted by molar-refractivity contribution is 0.0928. The van der Waals surface area contributed by atoms with Crippen LogP contribution in [0.3, 0.4) is 0 Å². The third kappa shape index (κ3) is 8.26. The standard InChI is InChI=1S/C23H30ClF2N5O4S/c24-14-10-17(25)16(18(26)11-14)13-35-21-19(20(27)33)22(36-30-21)29-23(34)28-7-3-2-6-15(32)12-31-8-4-1-5-9-31/h10-11,15,32H,1-9,12-13H2,(H2,27,33)(H2,28,29,34). The van der Waals surface area contributed by atoms with Gasteiger partial charge in [-0.3, -0.25) is 10.1 Å². The van der Waals surface area contributed by atoms with Gasteiger partial charge in [0.15, 0.2) is 0 Å². The molecule has 2 heterocycles.